The number of carbonyl (C=O) groups is 1. The van der Waals surface area contributed by atoms with E-state index in [9.17, 15) is 4.79 Å². The molecule has 0 bridgehead atoms. The maximum absolute atomic E-state index is 12.1. The van der Waals surface area contributed by atoms with Gasteiger partial charge in [-0.05, 0) is 25.0 Å². The summed E-state index contributed by atoms with van der Waals surface area (Å²) in [6.45, 7) is 0.532. The summed E-state index contributed by atoms with van der Waals surface area (Å²) in [4.78, 5) is 13.8. The Morgan fingerprint density at radius 3 is 2.67 bits per heavy atom. The third-order valence-corrected chi connectivity index (χ3v) is 3.64. The Morgan fingerprint density at radius 1 is 1.38 bits per heavy atom. The number of nitrogens with two attached hydrogens (primary N) is 1. The molecule has 1 aliphatic rings. The SMILES string of the molecule is CN(Cc1cnn(-c2ccccc2)c1)C(=O)C1(N)CC1.Cl. The normalized spacial score (nSPS) is 15.1. The molecule has 0 atom stereocenters. The van der Waals surface area contributed by atoms with Gasteiger partial charge in [-0.2, -0.15) is 5.10 Å². The molecule has 112 valence electrons. The molecule has 1 fully saturated rings. The maximum atomic E-state index is 12.1. The molecule has 0 saturated heterocycles. The van der Waals surface area contributed by atoms with Crippen LogP contribution in [0.4, 0.5) is 0 Å². The van der Waals surface area contributed by atoms with Gasteiger partial charge in [0, 0.05) is 25.4 Å². The Kier molecular flexibility index (Phi) is 4.34. The Balaban J connectivity index is 0.00000161. The van der Waals surface area contributed by atoms with E-state index < -0.39 is 5.54 Å². The van der Waals surface area contributed by atoms with Gasteiger partial charge in [-0.1, -0.05) is 18.2 Å². The van der Waals surface area contributed by atoms with E-state index in [0.717, 1.165) is 24.1 Å². The number of rotatable bonds is 4. The highest BCUT2D eigenvalue weighted by Gasteiger charge is 2.47. The van der Waals surface area contributed by atoms with E-state index in [-0.39, 0.29) is 18.3 Å². The number of halogens is 1. The van der Waals surface area contributed by atoms with Crippen LogP contribution in [0.15, 0.2) is 42.7 Å². The van der Waals surface area contributed by atoms with Gasteiger partial charge in [0.05, 0.1) is 17.4 Å². The van der Waals surface area contributed by atoms with Crippen LogP contribution in [0.2, 0.25) is 0 Å². The van der Waals surface area contributed by atoms with E-state index in [2.05, 4.69) is 5.10 Å². The first-order chi connectivity index (χ1) is 9.58. The van der Waals surface area contributed by atoms with E-state index in [0.29, 0.717) is 6.54 Å². The topological polar surface area (TPSA) is 64.2 Å². The van der Waals surface area contributed by atoms with Gasteiger partial charge >= 0.3 is 0 Å². The maximum Gasteiger partial charge on any atom is 0.242 e. The first-order valence-corrected chi connectivity index (χ1v) is 6.72. The van der Waals surface area contributed by atoms with Crippen molar-refractivity contribution < 1.29 is 4.79 Å². The molecular formula is C15H19ClN4O. The largest absolute Gasteiger partial charge is 0.340 e. The smallest absolute Gasteiger partial charge is 0.242 e. The van der Waals surface area contributed by atoms with E-state index >= 15 is 0 Å². The molecule has 1 amide bonds. The fraction of sp³-hybridized carbons (Fsp3) is 0.333. The zero-order valence-electron chi connectivity index (χ0n) is 11.9. The van der Waals surface area contributed by atoms with Crippen molar-refractivity contribution in [2.75, 3.05) is 7.05 Å². The molecule has 2 aromatic rings. The third-order valence-electron chi connectivity index (χ3n) is 3.64. The van der Waals surface area contributed by atoms with Crippen molar-refractivity contribution in [3.63, 3.8) is 0 Å². The quantitative estimate of drug-likeness (QED) is 0.936. The summed E-state index contributed by atoms with van der Waals surface area (Å²) in [5, 5.41) is 4.32. The molecule has 0 spiro atoms. The van der Waals surface area contributed by atoms with Crippen LogP contribution in [0.5, 0.6) is 0 Å². The average molecular weight is 307 g/mol. The molecule has 0 aliphatic heterocycles. The molecule has 2 N–H and O–H groups in total. The number of nitrogens with zero attached hydrogens (tertiary/aromatic N) is 3. The van der Waals surface area contributed by atoms with Gasteiger partial charge in [0.1, 0.15) is 0 Å². The second kappa shape index (κ2) is 5.87. The molecular weight excluding hydrogens is 288 g/mol. The van der Waals surface area contributed by atoms with Crippen LogP contribution in [0.1, 0.15) is 18.4 Å². The molecule has 0 unspecified atom stereocenters. The molecule has 21 heavy (non-hydrogen) atoms. The van der Waals surface area contributed by atoms with Gasteiger partial charge in [-0.25, -0.2) is 4.68 Å². The first-order valence-electron chi connectivity index (χ1n) is 6.72. The Labute approximate surface area is 130 Å². The van der Waals surface area contributed by atoms with Crippen LogP contribution < -0.4 is 5.73 Å². The van der Waals surface area contributed by atoms with Crippen molar-refractivity contribution in [1.29, 1.82) is 0 Å². The Morgan fingerprint density at radius 2 is 2.05 bits per heavy atom. The second-order valence-corrected chi connectivity index (χ2v) is 5.45. The van der Waals surface area contributed by atoms with Crippen molar-refractivity contribution >= 4 is 18.3 Å². The lowest BCUT2D eigenvalue weighted by Gasteiger charge is -2.20. The van der Waals surface area contributed by atoms with Crippen LogP contribution >= 0.6 is 12.4 Å². The predicted octanol–water partition coefficient (Wildman–Crippen LogP) is 1.74. The summed E-state index contributed by atoms with van der Waals surface area (Å²) in [5.41, 5.74) is 7.32. The number of benzene rings is 1. The molecule has 1 aromatic carbocycles. The lowest BCUT2D eigenvalue weighted by atomic mass is 10.2. The molecule has 1 aromatic heterocycles. The highest BCUT2D eigenvalue weighted by Crippen LogP contribution is 2.34. The van der Waals surface area contributed by atoms with Crippen molar-refractivity contribution in [2.45, 2.75) is 24.9 Å². The van der Waals surface area contributed by atoms with E-state index in [1.165, 1.54) is 0 Å². The van der Waals surface area contributed by atoms with Gasteiger partial charge in [-0.15, -0.1) is 12.4 Å². The number of hydrogen-bond acceptors (Lipinski definition) is 3. The van der Waals surface area contributed by atoms with Crippen molar-refractivity contribution in [3.05, 3.63) is 48.3 Å². The summed E-state index contributed by atoms with van der Waals surface area (Å²) in [7, 11) is 1.79. The molecule has 5 nitrogen and oxygen atoms in total. The molecule has 1 heterocycles. The van der Waals surface area contributed by atoms with Gasteiger partial charge in [0.2, 0.25) is 5.91 Å². The summed E-state index contributed by atoms with van der Waals surface area (Å²) in [6, 6.07) is 9.89. The van der Waals surface area contributed by atoms with Gasteiger partial charge < -0.3 is 10.6 Å². The number of aromatic nitrogens is 2. The Bertz CT molecular complexity index is 622. The number of carbonyl (C=O) groups excluding carboxylic acids is 1. The summed E-state index contributed by atoms with van der Waals surface area (Å²) >= 11 is 0. The van der Waals surface area contributed by atoms with E-state index in [1.807, 2.05) is 41.2 Å². The van der Waals surface area contributed by atoms with E-state index in [1.54, 1.807) is 18.1 Å². The molecule has 0 radical (unpaired) electrons. The van der Waals surface area contributed by atoms with Crippen LogP contribution in [0.25, 0.3) is 5.69 Å². The first kappa shape index (κ1) is 15.5. The zero-order valence-corrected chi connectivity index (χ0v) is 12.7. The van der Waals surface area contributed by atoms with Crippen molar-refractivity contribution in [2.24, 2.45) is 5.73 Å². The summed E-state index contributed by atoms with van der Waals surface area (Å²) < 4.78 is 1.81. The van der Waals surface area contributed by atoms with E-state index in [4.69, 9.17) is 5.73 Å². The minimum atomic E-state index is -0.607. The summed E-state index contributed by atoms with van der Waals surface area (Å²) in [5.74, 6) is 0.0185. The number of hydrogen-bond donors (Lipinski definition) is 1. The predicted molar refractivity (Wildman–Crippen MR) is 83.4 cm³/mol. The zero-order chi connectivity index (χ0) is 14.2. The third kappa shape index (κ3) is 3.25. The van der Waals surface area contributed by atoms with Gasteiger partial charge in [0.15, 0.2) is 0 Å². The van der Waals surface area contributed by atoms with Gasteiger partial charge in [-0.3, -0.25) is 4.79 Å². The van der Waals surface area contributed by atoms with Crippen LogP contribution in [-0.2, 0) is 11.3 Å². The van der Waals surface area contributed by atoms with Crippen molar-refractivity contribution in [1.82, 2.24) is 14.7 Å². The standard InChI is InChI=1S/C15H18N4O.ClH/c1-18(14(20)15(16)7-8-15)10-12-9-17-19(11-12)13-5-3-2-4-6-13;/h2-6,9,11H,7-8,10,16H2,1H3;1H. The van der Waals surface area contributed by atoms with Crippen LogP contribution in [-0.4, -0.2) is 33.2 Å². The summed E-state index contributed by atoms with van der Waals surface area (Å²) in [6.07, 6.45) is 5.31. The lowest BCUT2D eigenvalue weighted by molar-refractivity contribution is -0.132. The minimum Gasteiger partial charge on any atom is -0.340 e. The fourth-order valence-electron chi connectivity index (χ4n) is 2.24. The van der Waals surface area contributed by atoms with Crippen LogP contribution in [0, 0.1) is 0 Å². The van der Waals surface area contributed by atoms with Crippen LogP contribution in [0.3, 0.4) is 0 Å². The highest BCUT2D eigenvalue weighted by molar-refractivity contribution is 5.88. The lowest BCUT2D eigenvalue weighted by Crippen LogP contribution is -2.43. The number of amides is 1. The minimum absolute atomic E-state index is 0. The Hall–Kier alpha value is -1.85. The molecule has 3 rings (SSSR count). The van der Waals surface area contributed by atoms with Gasteiger partial charge in [0.25, 0.3) is 0 Å². The number of para-hydroxylation sites is 1. The average Bonchev–Trinajstić information content (AvgIpc) is 3.05. The second-order valence-electron chi connectivity index (χ2n) is 5.45. The monoisotopic (exact) mass is 306 g/mol. The molecule has 1 aliphatic carbocycles. The highest BCUT2D eigenvalue weighted by atomic mass is 35.5. The van der Waals surface area contributed by atoms with Crippen molar-refractivity contribution in [3.8, 4) is 5.69 Å². The number of likely N-dealkylation sites (N-methyl/N-ethyl adjacent to an activating group) is 1. The molecule has 1 saturated carbocycles. The molecule has 6 heteroatoms. The fourth-order valence-corrected chi connectivity index (χ4v) is 2.24.